The zero-order valence-corrected chi connectivity index (χ0v) is 28.2. The summed E-state index contributed by atoms with van der Waals surface area (Å²) in [5.74, 6) is 0. The van der Waals surface area contributed by atoms with E-state index in [-0.39, 0.29) is 0 Å². The maximum atomic E-state index is 16.1. The lowest BCUT2D eigenvalue weighted by atomic mass is 10.2. The molecule has 0 spiro atoms. The van der Waals surface area contributed by atoms with Gasteiger partial charge in [-0.25, -0.2) is 0 Å². The summed E-state index contributed by atoms with van der Waals surface area (Å²) in [6, 6.07) is 64.5. The molecule has 0 bridgehead atoms. The van der Waals surface area contributed by atoms with Crippen LogP contribution in [-0.4, -0.2) is 8.07 Å². The van der Waals surface area contributed by atoms with Gasteiger partial charge in [0.2, 0.25) is 0 Å². The van der Waals surface area contributed by atoms with Crippen LogP contribution in [0, 0.1) is 0 Å². The fourth-order valence-corrected chi connectivity index (χ4v) is 18.3. The highest BCUT2D eigenvalue weighted by Crippen LogP contribution is 2.51. The van der Waals surface area contributed by atoms with Gasteiger partial charge in [-0.15, -0.1) is 0 Å². The molecule has 0 saturated heterocycles. The molecule has 9 rings (SSSR count). The highest BCUT2D eigenvalue weighted by Gasteiger charge is 2.52. The molecule has 0 atom stereocenters. The van der Waals surface area contributed by atoms with Crippen molar-refractivity contribution in [2.45, 2.75) is 9.79 Å². The Morgan fingerprint density at radius 1 is 0.447 bits per heavy atom. The van der Waals surface area contributed by atoms with Crippen LogP contribution in [0.5, 0.6) is 0 Å². The van der Waals surface area contributed by atoms with E-state index in [0.29, 0.717) is 0 Å². The Kier molecular flexibility index (Phi) is 6.72. The molecule has 0 amide bonds. The van der Waals surface area contributed by atoms with Crippen molar-refractivity contribution in [2.24, 2.45) is 0 Å². The van der Waals surface area contributed by atoms with Gasteiger partial charge in [-0.2, -0.15) is 0 Å². The molecule has 2 aliphatic rings. The average Bonchev–Trinajstić information content (AvgIpc) is 3.15. The molecule has 0 N–H and O–H groups in total. The largest absolute Gasteiger partial charge is 0.309 e. The maximum absolute atomic E-state index is 16.1. The molecule has 2 heterocycles. The Hall–Kier alpha value is -4.86. The van der Waals surface area contributed by atoms with Gasteiger partial charge in [0.25, 0.3) is 0 Å². The van der Waals surface area contributed by atoms with Gasteiger partial charge < -0.3 is 9.46 Å². The average molecular weight is 656 g/mol. The van der Waals surface area contributed by atoms with Crippen molar-refractivity contribution in [1.82, 2.24) is 0 Å². The molecule has 0 aliphatic carbocycles. The summed E-state index contributed by atoms with van der Waals surface area (Å²) in [5.41, 5.74) is 3.37. The van der Waals surface area contributed by atoms with Crippen molar-refractivity contribution in [2.75, 3.05) is 4.90 Å². The molecule has 47 heavy (non-hydrogen) atoms. The molecular weight excluding hydrogens is 626 g/mol. The van der Waals surface area contributed by atoms with Gasteiger partial charge in [0.15, 0.2) is 15.2 Å². The minimum Gasteiger partial charge on any atom is -0.309 e. The second kappa shape index (κ2) is 11.1. The van der Waals surface area contributed by atoms with Gasteiger partial charge in [0, 0.05) is 31.4 Å². The van der Waals surface area contributed by atoms with Gasteiger partial charge in [-0.05, 0) is 69.3 Å². The summed E-state index contributed by atoms with van der Waals surface area (Å²) in [6.07, 6.45) is 0. The molecule has 224 valence electrons. The summed E-state index contributed by atoms with van der Waals surface area (Å²) < 4.78 is 16.1. The van der Waals surface area contributed by atoms with Gasteiger partial charge in [0.1, 0.15) is 0 Å². The van der Waals surface area contributed by atoms with Crippen molar-refractivity contribution in [3.63, 3.8) is 0 Å². The number of hydrogen-bond donors (Lipinski definition) is 0. The van der Waals surface area contributed by atoms with Crippen LogP contribution in [0.1, 0.15) is 0 Å². The molecule has 7 aromatic carbocycles. The van der Waals surface area contributed by atoms with Crippen molar-refractivity contribution in [1.29, 1.82) is 0 Å². The quantitative estimate of drug-likeness (QED) is 0.151. The number of para-hydroxylation sites is 2. The number of hydrogen-bond acceptors (Lipinski definition) is 3. The summed E-state index contributed by atoms with van der Waals surface area (Å²) in [4.78, 5) is 4.77. The van der Waals surface area contributed by atoms with Crippen molar-refractivity contribution in [3.05, 3.63) is 182 Å². The van der Waals surface area contributed by atoms with Crippen LogP contribution in [0.25, 0.3) is 0 Å². The molecule has 0 saturated carbocycles. The number of benzene rings is 7. The molecule has 0 fully saturated rings. The second-order valence-electron chi connectivity index (χ2n) is 12.0. The van der Waals surface area contributed by atoms with E-state index in [2.05, 4.69) is 187 Å². The van der Waals surface area contributed by atoms with Crippen LogP contribution in [0.15, 0.2) is 192 Å². The van der Waals surface area contributed by atoms with Crippen molar-refractivity contribution >= 4 is 80.7 Å². The fourth-order valence-electron chi connectivity index (χ4n) is 7.64. The lowest BCUT2D eigenvalue weighted by Crippen LogP contribution is -2.81. The normalized spacial score (nSPS) is 15.1. The number of anilines is 3. The van der Waals surface area contributed by atoms with E-state index in [0.717, 1.165) is 33.0 Å². The zero-order valence-electron chi connectivity index (χ0n) is 25.5. The highest BCUT2D eigenvalue weighted by atomic mass is 32.2. The fraction of sp³-hybridized carbons (Fsp3) is 0. The summed E-state index contributed by atoms with van der Waals surface area (Å²) >= 11 is 1.80. The van der Waals surface area contributed by atoms with E-state index in [9.17, 15) is 0 Å². The van der Waals surface area contributed by atoms with Gasteiger partial charge in [-0.3, -0.25) is 0 Å². The predicted molar refractivity (Wildman–Crippen MR) is 202 cm³/mol. The first kappa shape index (κ1) is 28.4. The third-order valence-corrected chi connectivity index (χ3v) is 19.2. The van der Waals surface area contributed by atoms with Crippen LogP contribution >= 0.6 is 18.9 Å². The third-order valence-electron chi connectivity index (χ3n) is 9.61. The first-order valence-corrected chi connectivity index (χ1v) is 20.4. The molecule has 5 heteroatoms. The summed E-state index contributed by atoms with van der Waals surface area (Å²) in [5, 5.41) is 7.78. The van der Waals surface area contributed by atoms with Crippen LogP contribution in [-0.2, 0) is 4.57 Å². The Morgan fingerprint density at radius 3 is 1.38 bits per heavy atom. The van der Waals surface area contributed by atoms with Gasteiger partial charge in [0.05, 0.1) is 11.4 Å². The molecule has 0 radical (unpaired) electrons. The topological polar surface area (TPSA) is 20.3 Å². The number of fused-ring (bicyclic) bond motifs is 4. The molecule has 7 aromatic rings. The molecule has 0 unspecified atom stereocenters. The van der Waals surface area contributed by atoms with E-state index in [1.54, 1.807) is 11.8 Å². The first-order chi connectivity index (χ1) is 23.2. The van der Waals surface area contributed by atoms with Crippen LogP contribution in [0.4, 0.5) is 17.1 Å². The van der Waals surface area contributed by atoms with E-state index in [1.165, 1.54) is 30.5 Å². The zero-order chi connectivity index (χ0) is 31.4. The summed E-state index contributed by atoms with van der Waals surface area (Å²) in [6.45, 7) is 0. The summed E-state index contributed by atoms with van der Waals surface area (Å²) in [7, 11) is -6.04. The van der Waals surface area contributed by atoms with Gasteiger partial charge >= 0.3 is 0 Å². The third kappa shape index (κ3) is 4.16. The minimum absolute atomic E-state index is 0.859. The lowest BCUT2D eigenvalue weighted by molar-refractivity contribution is 0.592. The van der Waals surface area contributed by atoms with E-state index >= 15 is 4.57 Å². The molecule has 0 aromatic heterocycles. The van der Waals surface area contributed by atoms with Crippen molar-refractivity contribution in [3.8, 4) is 0 Å². The van der Waals surface area contributed by atoms with E-state index in [1.807, 2.05) is 0 Å². The SMILES string of the molecule is O=P1(c2ccc(N3c4ccccc4Sc4ccccc43)cc2)c2ccccc2[Si](c2ccccc2)(c2ccccc2)c2ccccc21. The molecular formula is C42H30NOPSSi. The molecule has 2 aliphatic heterocycles. The maximum Gasteiger partial charge on any atom is 0.181 e. The predicted octanol–water partition coefficient (Wildman–Crippen LogP) is 6.95. The van der Waals surface area contributed by atoms with Gasteiger partial charge in [-0.1, -0.05) is 145 Å². The standard InChI is InChI=1S/C42H30NOPSSi/c44-45(32-29-27-31(28-30-32)43-35-19-7-11-23-39(35)46-40-24-12-8-20-36(40)43)37-21-9-13-25-41(37)47(33-15-3-1-4-16-33,34-17-5-2-6-18-34)42-26-14-10-22-38(42)45/h1-30H. The lowest BCUT2D eigenvalue weighted by Gasteiger charge is -2.43. The Morgan fingerprint density at radius 2 is 0.872 bits per heavy atom. The van der Waals surface area contributed by atoms with E-state index < -0.39 is 15.2 Å². The van der Waals surface area contributed by atoms with Crippen LogP contribution in [0.3, 0.4) is 0 Å². The Labute approximate surface area is 280 Å². The second-order valence-corrected chi connectivity index (χ2v) is 19.5. The van der Waals surface area contributed by atoms with Crippen molar-refractivity contribution < 1.29 is 4.57 Å². The van der Waals surface area contributed by atoms with E-state index in [4.69, 9.17) is 0 Å². The first-order valence-electron chi connectivity index (χ1n) is 15.9. The minimum atomic E-state index is -3.25. The number of rotatable bonds is 4. The molecule has 2 nitrogen and oxygen atoms in total. The van der Waals surface area contributed by atoms with Crippen LogP contribution in [0.2, 0.25) is 0 Å². The smallest absolute Gasteiger partial charge is 0.181 e. The Bertz CT molecular complexity index is 2190. The van der Waals surface area contributed by atoms with Crippen LogP contribution < -0.4 is 41.6 Å². The Balaban J connectivity index is 1.27. The highest BCUT2D eigenvalue weighted by molar-refractivity contribution is 7.99. The number of nitrogens with zero attached hydrogens (tertiary/aromatic N) is 1. The monoisotopic (exact) mass is 655 g/mol.